The molecule has 0 atom stereocenters. The number of hydrogen-bond donors (Lipinski definition) is 0. The summed E-state index contributed by atoms with van der Waals surface area (Å²) >= 11 is 0. The van der Waals surface area contributed by atoms with E-state index in [-0.39, 0.29) is 11.1 Å². The highest BCUT2D eigenvalue weighted by atomic mass is 16.1. The molecule has 2 aromatic rings. The highest BCUT2D eigenvalue weighted by Gasteiger charge is 2.26. The summed E-state index contributed by atoms with van der Waals surface area (Å²) in [5.74, 6) is 1.03. The Morgan fingerprint density at radius 3 is 2.54 bits per heavy atom. The van der Waals surface area contributed by atoms with Crippen molar-refractivity contribution in [1.82, 2.24) is 19.0 Å². The Morgan fingerprint density at radius 2 is 1.85 bits per heavy atom. The minimum Gasteiger partial charge on any atom is -0.314 e. The first-order valence-electron chi connectivity index (χ1n) is 9.54. The van der Waals surface area contributed by atoms with Gasteiger partial charge in [0.25, 0.3) is 5.56 Å². The molecule has 0 spiro atoms. The molecule has 0 radical (unpaired) electrons. The first-order chi connectivity index (χ1) is 12.6. The van der Waals surface area contributed by atoms with Gasteiger partial charge in [0.05, 0.1) is 12.0 Å². The number of rotatable bonds is 5. The lowest BCUT2D eigenvalue weighted by molar-refractivity contribution is 0.163. The molecule has 0 amide bonds. The molecule has 1 saturated heterocycles. The van der Waals surface area contributed by atoms with Crippen molar-refractivity contribution in [2.24, 2.45) is 13.0 Å². The van der Waals surface area contributed by atoms with Crippen molar-refractivity contribution in [1.29, 1.82) is 0 Å². The molecular weight excluding hydrogens is 328 g/mol. The van der Waals surface area contributed by atoms with Crippen LogP contribution in [0.4, 0.5) is 0 Å². The highest BCUT2D eigenvalue weighted by Crippen LogP contribution is 2.38. The Morgan fingerprint density at radius 1 is 1.08 bits per heavy atom. The average Bonchev–Trinajstić information content (AvgIpc) is 3.47. The molecule has 0 unspecified atom stereocenters. The molecule has 0 N–H and O–H groups in total. The third-order valence-electron chi connectivity index (χ3n) is 5.73. The van der Waals surface area contributed by atoms with Gasteiger partial charge in [-0.1, -0.05) is 6.07 Å². The van der Waals surface area contributed by atoms with E-state index in [4.69, 9.17) is 0 Å². The van der Waals surface area contributed by atoms with Crippen molar-refractivity contribution in [3.05, 3.63) is 62.7 Å². The smallest absolute Gasteiger partial charge is 0.253 e. The molecule has 2 fully saturated rings. The summed E-state index contributed by atoms with van der Waals surface area (Å²) in [4.78, 5) is 30.9. The number of nitrogens with zero attached hydrogens (tertiary/aromatic N) is 4. The van der Waals surface area contributed by atoms with E-state index in [0.29, 0.717) is 11.8 Å². The number of pyridine rings is 1. The van der Waals surface area contributed by atoms with Gasteiger partial charge in [-0.15, -0.1) is 0 Å². The van der Waals surface area contributed by atoms with Gasteiger partial charge in [0.2, 0.25) is 5.56 Å². The molecule has 1 aliphatic carbocycles. The van der Waals surface area contributed by atoms with Crippen LogP contribution >= 0.6 is 0 Å². The predicted molar refractivity (Wildman–Crippen MR) is 100 cm³/mol. The van der Waals surface area contributed by atoms with Gasteiger partial charge in [-0.2, -0.15) is 0 Å². The molecule has 4 rings (SSSR count). The molecule has 6 nitrogen and oxygen atoms in total. The molecule has 3 heterocycles. The Hall–Kier alpha value is -2.21. The van der Waals surface area contributed by atoms with Gasteiger partial charge in [0.1, 0.15) is 0 Å². The van der Waals surface area contributed by atoms with Gasteiger partial charge in [0.15, 0.2) is 0 Å². The molecule has 6 heteroatoms. The van der Waals surface area contributed by atoms with E-state index in [1.165, 1.54) is 12.8 Å². The summed E-state index contributed by atoms with van der Waals surface area (Å²) in [7, 11) is 1.83. The minimum absolute atomic E-state index is 0.0407. The third-order valence-corrected chi connectivity index (χ3v) is 5.73. The maximum atomic E-state index is 12.3. The quantitative estimate of drug-likeness (QED) is 0.820. The van der Waals surface area contributed by atoms with E-state index in [9.17, 15) is 9.59 Å². The minimum atomic E-state index is 0.0407. The van der Waals surface area contributed by atoms with Gasteiger partial charge < -0.3 is 4.57 Å². The largest absolute Gasteiger partial charge is 0.314 e. The maximum absolute atomic E-state index is 12.3. The van der Waals surface area contributed by atoms with Crippen molar-refractivity contribution in [3.63, 3.8) is 0 Å². The monoisotopic (exact) mass is 354 g/mol. The number of likely N-dealkylation sites (tertiary alicyclic amines) is 1. The zero-order valence-electron chi connectivity index (χ0n) is 15.3. The molecule has 138 valence electrons. The van der Waals surface area contributed by atoms with E-state index < -0.39 is 0 Å². The molecule has 26 heavy (non-hydrogen) atoms. The normalized spacial score (nSPS) is 19.0. The van der Waals surface area contributed by atoms with Crippen molar-refractivity contribution in [2.45, 2.75) is 44.7 Å². The Kier molecular flexibility index (Phi) is 4.76. The van der Waals surface area contributed by atoms with E-state index in [2.05, 4.69) is 9.88 Å². The zero-order valence-corrected chi connectivity index (χ0v) is 15.3. The van der Waals surface area contributed by atoms with Crippen LogP contribution in [0.1, 0.15) is 43.0 Å². The fraction of sp³-hybridized carbons (Fsp3) is 0.550. The van der Waals surface area contributed by atoms with Gasteiger partial charge >= 0.3 is 0 Å². The van der Waals surface area contributed by atoms with E-state index in [1.54, 1.807) is 27.6 Å². The van der Waals surface area contributed by atoms with Crippen LogP contribution in [0.2, 0.25) is 0 Å². The molecule has 2 aliphatic rings. The van der Waals surface area contributed by atoms with Crippen LogP contribution in [0.25, 0.3) is 0 Å². The van der Waals surface area contributed by atoms with Crippen LogP contribution < -0.4 is 11.1 Å². The van der Waals surface area contributed by atoms with Gasteiger partial charge in [0, 0.05) is 43.9 Å². The standard InChI is InChI=1S/C20H26N4O2/c1-22-17(3-2-4-19(22)25)13-23-9-7-15(8-10-23)12-24-14-21-18(11-20(24)26)16-5-6-16/h2-4,11,14-16H,5-10,12-13H2,1H3. The van der Waals surface area contributed by atoms with Gasteiger partial charge in [-0.05, 0) is 50.8 Å². The van der Waals surface area contributed by atoms with Gasteiger partial charge in [-0.3, -0.25) is 19.1 Å². The Balaban J connectivity index is 1.33. The predicted octanol–water partition coefficient (Wildman–Crippen LogP) is 1.73. The number of aromatic nitrogens is 3. The first kappa shape index (κ1) is 17.2. The second-order valence-electron chi connectivity index (χ2n) is 7.71. The summed E-state index contributed by atoms with van der Waals surface area (Å²) in [5.41, 5.74) is 2.14. The summed E-state index contributed by atoms with van der Waals surface area (Å²) in [5, 5.41) is 0. The lowest BCUT2D eigenvalue weighted by Crippen LogP contribution is -2.37. The van der Waals surface area contributed by atoms with E-state index in [1.807, 2.05) is 19.2 Å². The Labute approximate surface area is 153 Å². The molecule has 0 aromatic carbocycles. The van der Waals surface area contributed by atoms with Crippen LogP contribution in [0.5, 0.6) is 0 Å². The summed E-state index contributed by atoms with van der Waals surface area (Å²) < 4.78 is 3.49. The lowest BCUT2D eigenvalue weighted by Gasteiger charge is -2.32. The van der Waals surface area contributed by atoms with Crippen LogP contribution in [-0.2, 0) is 20.1 Å². The fourth-order valence-electron chi connectivity index (χ4n) is 3.78. The first-order valence-corrected chi connectivity index (χ1v) is 9.54. The molecular formula is C20H26N4O2. The van der Waals surface area contributed by atoms with E-state index in [0.717, 1.165) is 50.4 Å². The Bertz CT molecular complexity index is 889. The number of piperidine rings is 1. The van der Waals surface area contributed by atoms with Crippen LogP contribution in [0, 0.1) is 5.92 Å². The average molecular weight is 354 g/mol. The van der Waals surface area contributed by atoms with Crippen LogP contribution in [0.3, 0.4) is 0 Å². The topological polar surface area (TPSA) is 60.1 Å². The summed E-state index contributed by atoms with van der Waals surface area (Å²) in [6.45, 7) is 3.55. The zero-order chi connectivity index (χ0) is 18.1. The van der Waals surface area contributed by atoms with Crippen LogP contribution in [0.15, 0.2) is 40.2 Å². The lowest BCUT2D eigenvalue weighted by atomic mass is 9.96. The SMILES string of the molecule is Cn1c(CN2CCC(Cn3cnc(C4CC4)cc3=O)CC2)cccc1=O. The second kappa shape index (κ2) is 7.19. The highest BCUT2D eigenvalue weighted by molar-refractivity contribution is 5.12. The van der Waals surface area contributed by atoms with Crippen molar-refractivity contribution >= 4 is 0 Å². The maximum Gasteiger partial charge on any atom is 0.253 e. The van der Waals surface area contributed by atoms with Crippen molar-refractivity contribution in [2.75, 3.05) is 13.1 Å². The van der Waals surface area contributed by atoms with E-state index >= 15 is 0 Å². The summed E-state index contributed by atoms with van der Waals surface area (Å²) in [6, 6.07) is 7.16. The molecule has 1 saturated carbocycles. The second-order valence-corrected chi connectivity index (χ2v) is 7.71. The van der Waals surface area contributed by atoms with Crippen molar-refractivity contribution in [3.8, 4) is 0 Å². The molecule has 0 bridgehead atoms. The third kappa shape index (κ3) is 3.80. The molecule has 2 aromatic heterocycles. The van der Waals surface area contributed by atoms with Gasteiger partial charge in [-0.25, -0.2) is 4.98 Å². The summed E-state index contributed by atoms with van der Waals surface area (Å²) in [6.07, 6.45) is 6.21. The number of hydrogen-bond acceptors (Lipinski definition) is 4. The fourth-order valence-corrected chi connectivity index (χ4v) is 3.78. The van der Waals surface area contributed by atoms with Crippen molar-refractivity contribution < 1.29 is 0 Å². The van der Waals surface area contributed by atoms with Crippen LogP contribution in [-0.4, -0.2) is 32.1 Å². The molecule has 1 aliphatic heterocycles.